The lowest BCUT2D eigenvalue weighted by Crippen LogP contribution is -2.09. The van der Waals surface area contributed by atoms with Crippen LogP contribution in [0.5, 0.6) is 0 Å². The molecule has 0 aliphatic heterocycles. The quantitative estimate of drug-likeness (QED) is 0.591. The zero-order valence-corrected chi connectivity index (χ0v) is 10.3. The topological polar surface area (TPSA) is 21.6 Å². The van der Waals surface area contributed by atoms with Gasteiger partial charge in [0.25, 0.3) is 0 Å². The SMILES string of the molecule is C=C(Br)/N=C\C(C)OCc1ccccc1. The zero-order valence-electron chi connectivity index (χ0n) is 8.69. The van der Waals surface area contributed by atoms with E-state index in [4.69, 9.17) is 4.74 Å². The molecular weight excluding hydrogens is 254 g/mol. The van der Waals surface area contributed by atoms with Crippen molar-refractivity contribution >= 4 is 22.1 Å². The molecule has 1 aromatic rings. The average molecular weight is 268 g/mol. The highest BCUT2D eigenvalue weighted by Crippen LogP contribution is 2.04. The maximum absolute atomic E-state index is 5.57. The Balaban J connectivity index is 2.34. The number of aliphatic imine (C=N–C) groups is 1. The molecule has 0 radical (unpaired) electrons. The summed E-state index contributed by atoms with van der Waals surface area (Å²) >= 11 is 3.15. The van der Waals surface area contributed by atoms with E-state index in [0.717, 1.165) is 5.56 Å². The van der Waals surface area contributed by atoms with Crippen molar-refractivity contribution in [2.45, 2.75) is 19.6 Å². The first-order valence-electron chi connectivity index (χ1n) is 4.72. The van der Waals surface area contributed by atoms with Crippen molar-refractivity contribution in [3.8, 4) is 0 Å². The molecule has 3 heteroatoms. The molecule has 1 aromatic carbocycles. The van der Waals surface area contributed by atoms with Gasteiger partial charge < -0.3 is 4.74 Å². The first-order valence-corrected chi connectivity index (χ1v) is 5.52. The van der Waals surface area contributed by atoms with Gasteiger partial charge in [-0.25, -0.2) is 0 Å². The van der Waals surface area contributed by atoms with Crippen molar-refractivity contribution in [2.75, 3.05) is 0 Å². The second kappa shape index (κ2) is 6.53. The second-order valence-electron chi connectivity index (χ2n) is 3.16. The molecule has 0 heterocycles. The lowest BCUT2D eigenvalue weighted by molar-refractivity contribution is 0.0991. The molecule has 0 saturated heterocycles. The standard InChI is InChI=1S/C12H14BrNO/c1-10(8-14-11(2)13)15-9-12-6-4-3-5-7-12/h3-8,10H,2,9H2,1H3/b14-8-. The molecule has 1 atom stereocenters. The van der Waals surface area contributed by atoms with Gasteiger partial charge in [-0.3, -0.25) is 4.99 Å². The van der Waals surface area contributed by atoms with Crippen LogP contribution >= 0.6 is 15.9 Å². The molecule has 0 aromatic heterocycles. The van der Waals surface area contributed by atoms with Crippen LogP contribution in [0.2, 0.25) is 0 Å². The molecule has 2 nitrogen and oxygen atoms in total. The lowest BCUT2D eigenvalue weighted by Gasteiger charge is -2.07. The Morgan fingerprint density at radius 3 is 2.80 bits per heavy atom. The van der Waals surface area contributed by atoms with Crippen LogP contribution in [-0.4, -0.2) is 12.3 Å². The number of ether oxygens (including phenoxy) is 1. The molecule has 1 rings (SSSR count). The molecule has 1 unspecified atom stereocenters. The number of hydrogen-bond donors (Lipinski definition) is 0. The number of nitrogens with zero attached hydrogens (tertiary/aromatic N) is 1. The Hall–Kier alpha value is -0.930. The predicted molar refractivity (Wildman–Crippen MR) is 67.3 cm³/mol. The number of benzene rings is 1. The molecule has 0 saturated carbocycles. The Bertz CT molecular complexity index is 335. The summed E-state index contributed by atoms with van der Waals surface area (Å²) in [6.45, 7) is 6.16. The van der Waals surface area contributed by atoms with Crippen molar-refractivity contribution in [2.24, 2.45) is 4.99 Å². The van der Waals surface area contributed by atoms with Crippen molar-refractivity contribution in [1.29, 1.82) is 0 Å². The summed E-state index contributed by atoms with van der Waals surface area (Å²) in [6, 6.07) is 10.1. The van der Waals surface area contributed by atoms with Crippen LogP contribution in [0.1, 0.15) is 12.5 Å². The first kappa shape index (κ1) is 12.1. The summed E-state index contributed by atoms with van der Waals surface area (Å²) in [4.78, 5) is 4.01. The summed E-state index contributed by atoms with van der Waals surface area (Å²) in [5.74, 6) is 0. The molecule has 0 fully saturated rings. The van der Waals surface area contributed by atoms with Gasteiger partial charge in [0.15, 0.2) is 0 Å². The Kier molecular flexibility index (Phi) is 5.29. The van der Waals surface area contributed by atoms with Crippen LogP contribution in [0.25, 0.3) is 0 Å². The van der Waals surface area contributed by atoms with E-state index in [-0.39, 0.29) is 6.10 Å². The fourth-order valence-electron chi connectivity index (χ4n) is 1.03. The van der Waals surface area contributed by atoms with Crippen LogP contribution in [-0.2, 0) is 11.3 Å². The van der Waals surface area contributed by atoms with Gasteiger partial charge in [-0.15, -0.1) is 0 Å². The Labute approximate surface area is 98.8 Å². The molecule has 80 valence electrons. The van der Waals surface area contributed by atoms with Crippen LogP contribution in [0.4, 0.5) is 0 Å². The summed E-state index contributed by atoms with van der Waals surface area (Å²) in [5.41, 5.74) is 1.16. The van der Waals surface area contributed by atoms with Crippen molar-refractivity contribution in [3.05, 3.63) is 47.1 Å². The highest BCUT2D eigenvalue weighted by Gasteiger charge is 1.98. The summed E-state index contributed by atoms with van der Waals surface area (Å²) in [7, 11) is 0. The van der Waals surface area contributed by atoms with Crippen molar-refractivity contribution in [3.63, 3.8) is 0 Å². The maximum atomic E-state index is 5.57. The van der Waals surface area contributed by atoms with Gasteiger partial charge in [0, 0.05) is 6.21 Å². The van der Waals surface area contributed by atoms with E-state index in [1.54, 1.807) is 6.21 Å². The van der Waals surface area contributed by atoms with Gasteiger partial charge in [0.1, 0.15) is 0 Å². The minimum Gasteiger partial charge on any atom is -0.368 e. The van der Waals surface area contributed by atoms with E-state index in [1.165, 1.54) is 0 Å². The fourth-order valence-corrected chi connectivity index (χ4v) is 1.15. The lowest BCUT2D eigenvalue weighted by atomic mass is 10.2. The average Bonchev–Trinajstić information content (AvgIpc) is 2.25. The van der Waals surface area contributed by atoms with E-state index >= 15 is 0 Å². The van der Waals surface area contributed by atoms with Crippen LogP contribution in [0, 0.1) is 0 Å². The van der Waals surface area contributed by atoms with Crippen LogP contribution in [0.15, 0.2) is 46.5 Å². The van der Waals surface area contributed by atoms with E-state index < -0.39 is 0 Å². The number of halogens is 1. The Morgan fingerprint density at radius 1 is 1.53 bits per heavy atom. The molecule has 0 spiro atoms. The predicted octanol–water partition coefficient (Wildman–Crippen LogP) is 3.53. The molecule has 15 heavy (non-hydrogen) atoms. The minimum absolute atomic E-state index is 0.0143. The minimum atomic E-state index is -0.0143. The van der Waals surface area contributed by atoms with E-state index in [0.29, 0.717) is 11.2 Å². The molecule has 0 amide bonds. The maximum Gasteiger partial charge on any atom is 0.0981 e. The third kappa shape index (κ3) is 5.50. The summed E-state index contributed by atoms with van der Waals surface area (Å²) in [5, 5.41) is 0. The van der Waals surface area contributed by atoms with Crippen LogP contribution in [0.3, 0.4) is 0 Å². The van der Waals surface area contributed by atoms with Gasteiger partial charge >= 0.3 is 0 Å². The second-order valence-corrected chi connectivity index (χ2v) is 4.07. The highest BCUT2D eigenvalue weighted by molar-refractivity contribution is 9.11. The number of hydrogen-bond acceptors (Lipinski definition) is 2. The van der Waals surface area contributed by atoms with E-state index in [1.807, 2.05) is 37.3 Å². The molecule has 0 bridgehead atoms. The van der Waals surface area contributed by atoms with E-state index in [2.05, 4.69) is 27.5 Å². The van der Waals surface area contributed by atoms with Gasteiger partial charge in [-0.05, 0) is 28.4 Å². The third-order valence-corrected chi connectivity index (χ3v) is 1.99. The third-order valence-electron chi connectivity index (χ3n) is 1.78. The van der Waals surface area contributed by atoms with E-state index in [9.17, 15) is 0 Å². The monoisotopic (exact) mass is 267 g/mol. The number of rotatable bonds is 5. The van der Waals surface area contributed by atoms with Gasteiger partial charge in [0.2, 0.25) is 0 Å². The molecule has 0 N–H and O–H groups in total. The first-order chi connectivity index (χ1) is 7.18. The molecular formula is C12H14BrNO. The molecule has 0 aliphatic carbocycles. The Morgan fingerprint density at radius 2 is 2.20 bits per heavy atom. The van der Waals surface area contributed by atoms with Crippen molar-refractivity contribution < 1.29 is 4.74 Å². The largest absolute Gasteiger partial charge is 0.368 e. The smallest absolute Gasteiger partial charge is 0.0981 e. The summed E-state index contributed by atoms with van der Waals surface area (Å²) in [6.07, 6.45) is 1.71. The van der Waals surface area contributed by atoms with Gasteiger partial charge in [-0.1, -0.05) is 36.9 Å². The summed E-state index contributed by atoms with van der Waals surface area (Å²) < 4.78 is 6.18. The zero-order chi connectivity index (χ0) is 11.1. The van der Waals surface area contributed by atoms with Gasteiger partial charge in [0.05, 0.1) is 17.3 Å². The molecule has 0 aliphatic rings. The van der Waals surface area contributed by atoms with Gasteiger partial charge in [-0.2, -0.15) is 0 Å². The highest BCUT2D eigenvalue weighted by atomic mass is 79.9. The fraction of sp³-hybridized carbons (Fsp3) is 0.250. The van der Waals surface area contributed by atoms with Crippen LogP contribution < -0.4 is 0 Å². The normalized spacial score (nSPS) is 12.9. The van der Waals surface area contributed by atoms with Crippen molar-refractivity contribution in [1.82, 2.24) is 0 Å².